The molecule has 0 aromatic heterocycles. The molecule has 9 N–H and O–H groups in total. The van der Waals surface area contributed by atoms with E-state index in [0.29, 0.717) is 5.56 Å². The number of phenols is 1. The smallest absolute Gasteiger partial charge is 0.325 e. The maximum absolute atomic E-state index is 12.9. The predicted octanol–water partition coefficient (Wildman–Crippen LogP) is -1.93. The summed E-state index contributed by atoms with van der Waals surface area (Å²) < 4.78 is 0. The Balaban J connectivity index is 3.11. The van der Waals surface area contributed by atoms with E-state index in [1.165, 1.54) is 38.1 Å². The van der Waals surface area contributed by atoms with Crippen LogP contribution in [0.25, 0.3) is 0 Å². The molecule has 5 atom stereocenters. The van der Waals surface area contributed by atoms with Gasteiger partial charge in [-0.1, -0.05) is 12.1 Å². The maximum Gasteiger partial charge on any atom is 0.325 e. The molecular formula is C21H30N4O9. The van der Waals surface area contributed by atoms with Crippen molar-refractivity contribution in [3.05, 3.63) is 29.8 Å². The molecule has 0 saturated carbocycles. The fourth-order valence-electron chi connectivity index (χ4n) is 2.75. The molecule has 188 valence electrons. The first-order valence-corrected chi connectivity index (χ1v) is 10.4. The van der Waals surface area contributed by atoms with Gasteiger partial charge in [0.05, 0.1) is 6.10 Å². The minimum Gasteiger partial charge on any atom is -0.508 e. The van der Waals surface area contributed by atoms with Crippen molar-refractivity contribution in [1.29, 1.82) is 0 Å². The van der Waals surface area contributed by atoms with Gasteiger partial charge in [0, 0.05) is 12.8 Å². The Hall–Kier alpha value is -3.71. The molecule has 0 aliphatic carbocycles. The second-order valence-electron chi connectivity index (χ2n) is 7.76. The van der Waals surface area contributed by atoms with Crippen molar-refractivity contribution in [2.45, 2.75) is 63.4 Å². The molecule has 0 heterocycles. The third-order valence-corrected chi connectivity index (χ3v) is 4.84. The summed E-state index contributed by atoms with van der Waals surface area (Å²) in [5.41, 5.74) is 6.08. The average molecular weight is 482 g/mol. The van der Waals surface area contributed by atoms with Crippen LogP contribution in [0.3, 0.4) is 0 Å². The number of hydrogen-bond acceptors (Lipinski definition) is 8. The van der Waals surface area contributed by atoms with Gasteiger partial charge in [-0.2, -0.15) is 0 Å². The van der Waals surface area contributed by atoms with Crippen LogP contribution in [0.1, 0.15) is 32.3 Å². The van der Waals surface area contributed by atoms with Gasteiger partial charge in [0.25, 0.3) is 0 Å². The number of carboxylic acids is 2. The molecule has 0 radical (unpaired) electrons. The summed E-state index contributed by atoms with van der Waals surface area (Å²) in [6, 6.07) is 0.361. The van der Waals surface area contributed by atoms with E-state index < -0.39 is 66.4 Å². The summed E-state index contributed by atoms with van der Waals surface area (Å²) in [5, 5.41) is 43.9. The van der Waals surface area contributed by atoms with Crippen LogP contribution in [-0.4, -0.2) is 80.4 Å². The van der Waals surface area contributed by atoms with E-state index in [2.05, 4.69) is 16.0 Å². The van der Waals surface area contributed by atoms with Crippen LogP contribution in [0.2, 0.25) is 0 Å². The van der Waals surface area contributed by atoms with Gasteiger partial charge in [-0.3, -0.25) is 24.0 Å². The number of carbonyl (C=O) groups excluding carboxylic acids is 3. The van der Waals surface area contributed by atoms with Gasteiger partial charge in [0.15, 0.2) is 0 Å². The molecule has 1 aromatic rings. The number of aromatic hydroxyl groups is 1. The number of nitrogens with two attached hydrogens (primary N) is 1. The van der Waals surface area contributed by atoms with Crippen LogP contribution in [0.15, 0.2) is 24.3 Å². The SMILES string of the molecule is CC(NC(=O)C(Cc1ccc(O)cc1)NC(=O)C(CCC(=O)O)NC(=O)C(N)C(C)O)C(=O)O. The van der Waals surface area contributed by atoms with Crippen LogP contribution in [0.5, 0.6) is 5.75 Å². The van der Waals surface area contributed by atoms with Crippen LogP contribution in [-0.2, 0) is 30.4 Å². The van der Waals surface area contributed by atoms with E-state index in [0.717, 1.165) is 0 Å². The molecule has 0 fully saturated rings. The summed E-state index contributed by atoms with van der Waals surface area (Å²) in [5.74, 6) is -5.21. The molecule has 13 nitrogen and oxygen atoms in total. The minimum absolute atomic E-state index is 0.0285. The number of phenolic OH excluding ortho intramolecular Hbond substituents is 1. The Bertz CT molecular complexity index is 889. The summed E-state index contributed by atoms with van der Waals surface area (Å²) in [4.78, 5) is 59.9. The minimum atomic E-state index is -1.40. The van der Waals surface area contributed by atoms with Gasteiger partial charge in [0.2, 0.25) is 17.7 Å². The highest BCUT2D eigenvalue weighted by Crippen LogP contribution is 2.12. The van der Waals surface area contributed by atoms with Gasteiger partial charge < -0.3 is 42.1 Å². The lowest BCUT2D eigenvalue weighted by Crippen LogP contribution is -2.58. The molecular weight excluding hydrogens is 452 g/mol. The van der Waals surface area contributed by atoms with Gasteiger partial charge in [-0.25, -0.2) is 0 Å². The molecule has 0 bridgehead atoms. The van der Waals surface area contributed by atoms with Crippen molar-refractivity contribution in [2.24, 2.45) is 5.73 Å². The zero-order valence-corrected chi connectivity index (χ0v) is 18.7. The molecule has 1 aromatic carbocycles. The molecule has 0 aliphatic rings. The summed E-state index contributed by atoms with van der Waals surface area (Å²) in [6.07, 6.45) is -2.17. The first-order chi connectivity index (χ1) is 15.8. The van der Waals surface area contributed by atoms with Crippen molar-refractivity contribution in [1.82, 2.24) is 16.0 Å². The molecule has 0 spiro atoms. The number of rotatable bonds is 13. The maximum atomic E-state index is 12.9. The Kier molecular flexibility index (Phi) is 10.9. The van der Waals surface area contributed by atoms with Crippen molar-refractivity contribution >= 4 is 29.7 Å². The molecule has 34 heavy (non-hydrogen) atoms. The number of aliphatic hydroxyl groups is 1. The molecule has 3 amide bonds. The van der Waals surface area contributed by atoms with E-state index in [4.69, 9.17) is 15.9 Å². The van der Waals surface area contributed by atoms with E-state index in [9.17, 15) is 34.2 Å². The van der Waals surface area contributed by atoms with E-state index >= 15 is 0 Å². The van der Waals surface area contributed by atoms with E-state index in [-0.39, 0.29) is 18.6 Å². The third-order valence-electron chi connectivity index (χ3n) is 4.84. The first-order valence-electron chi connectivity index (χ1n) is 10.4. The van der Waals surface area contributed by atoms with Gasteiger partial charge in [0.1, 0.15) is 29.9 Å². The molecule has 0 saturated heterocycles. The summed E-state index contributed by atoms with van der Waals surface area (Å²) in [6.45, 7) is 2.49. The topological polar surface area (TPSA) is 228 Å². The molecule has 5 unspecified atom stereocenters. The lowest BCUT2D eigenvalue weighted by atomic mass is 10.0. The number of hydrogen-bond donors (Lipinski definition) is 8. The van der Waals surface area contributed by atoms with Gasteiger partial charge in [-0.05, 0) is 38.0 Å². The Morgan fingerprint density at radius 1 is 0.882 bits per heavy atom. The third kappa shape index (κ3) is 9.42. The average Bonchev–Trinajstić information content (AvgIpc) is 2.76. The normalized spacial score (nSPS) is 15.2. The fourth-order valence-corrected chi connectivity index (χ4v) is 2.75. The van der Waals surface area contributed by atoms with Crippen molar-refractivity contribution in [3.63, 3.8) is 0 Å². The molecule has 0 aliphatic heterocycles. The highest BCUT2D eigenvalue weighted by molar-refractivity contribution is 5.94. The van der Waals surface area contributed by atoms with Crippen LogP contribution < -0.4 is 21.7 Å². The number of amides is 3. The fraction of sp³-hybridized carbons (Fsp3) is 0.476. The first kappa shape index (κ1) is 28.3. The second-order valence-corrected chi connectivity index (χ2v) is 7.76. The summed E-state index contributed by atoms with van der Waals surface area (Å²) >= 11 is 0. The summed E-state index contributed by atoms with van der Waals surface area (Å²) in [7, 11) is 0. The van der Waals surface area contributed by atoms with Crippen LogP contribution in [0.4, 0.5) is 0 Å². The Morgan fingerprint density at radius 3 is 1.91 bits per heavy atom. The van der Waals surface area contributed by atoms with Crippen LogP contribution in [0, 0.1) is 0 Å². The molecule has 13 heteroatoms. The zero-order valence-electron chi connectivity index (χ0n) is 18.7. The number of aliphatic carboxylic acids is 2. The standard InChI is InChI=1S/C21H30N4O9/c1-10(21(33)34)23-19(31)15(9-12-3-5-13(27)6-4-12)25-18(30)14(7-8-16(28)29)24-20(32)17(22)11(2)26/h3-6,10-11,14-15,17,26-27H,7-9,22H2,1-2H3,(H,23,31)(H,24,32)(H,25,30)(H,28,29)(H,33,34). The zero-order chi connectivity index (χ0) is 26.0. The highest BCUT2D eigenvalue weighted by atomic mass is 16.4. The largest absolute Gasteiger partial charge is 0.508 e. The van der Waals surface area contributed by atoms with Gasteiger partial charge in [-0.15, -0.1) is 0 Å². The molecule has 1 rings (SSSR count). The van der Waals surface area contributed by atoms with E-state index in [1.54, 1.807) is 0 Å². The lowest BCUT2D eigenvalue weighted by Gasteiger charge is -2.25. The van der Waals surface area contributed by atoms with Crippen molar-refractivity contribution in [3.8, 4) is 5.75 Å². The van der Waals surface area contributed by atoms with Crippen molar-refractivity contribution < 1.29 is 44.4 Å². The lowest BCUT2D eigenvalue weighted by molar-refractivity contribution is -0.141. The number of aliphatic hydroxyl groups excluding tert-OH is 1. The van der Waals surface area contributed by atoms with Gasteiger partial charge >= 0.3 is 11.9 Å². The number of carboxylic acid groups (broad SMARTS) is 2. The highest BCUT2D eigenvalue weighted by Gasteiger charge is 2.30. The van der Waals surface area contributed by atoms with Crippen LogP contribution >= 0.6 is 0 Å². The quantitative estimate of drug-likeness (QED) is 0.155. The predicted molar refractivity (Wildman–Crippen MR) is 117 cm³/mol. The number of benzene rings is 1. The number of nitrogens with one attached hydrogen (secondary N) is 3. The Labute approximate surface area is 195 Å². The number of carbonyl (C=O) groups is 5. The Morgan fingerprint density at radius 2 is 1.41 bits per heavy atom. The monoisotopic (exact) mass is 482 g/mol. The van der Waals surface area contributed by atoms with Crippen molar-refractivity contribution in [2.75, 3.05) is 0 Å². The van der Waals surface area contributed by atoms with E-state index in [1.807, 2.05) is 0 Å². The second kappa shape index (κ2) is 13.1.